The van der Waals surface area contributed by atoms with E-state index >= 15 is 0 Å². The van der Waals surface area contributed by atoms with Gasteiger partial charge in [0, 0.05) is 11.8 Å². The summed E-state index contributed by atoms with van der Waals surface area (Å²) in [5.41, 5.74) is 6.91. The average Bonchev–Trinajstić information content (AvgIpc) is 2.88. The maximum Gasteiger partial charge on any atom is 0.175 e. The number of phenols is 1. The molecule has 0 unspecified atom stereocenters. The second kappa shape index (κ2) is 3.71. The van der Waals surface area contributed by atoms with Crippen LogP contribution in [0.1, 0.15) is 24.0 Å². The van der Waals surface area contributed by atoms with E-state index in [4.69, 9.17) is 5.73 Å². The van der Waals surface area contributed by atoms with E-state index in [-0.39, 0.29) is 16.2 Å². The third kappa shape index (κ3) is 2.61. The summed E-state index contributed by atoms with van der Waals surface area (Å²) >= 11 is 0. The second-order valence-electron chi connectivity index (χ2n) is 5.06. The number of hydrogen-bond acceptors (Lipinski definition) is 4. The van der Waals surface area contributed by atoms with Gasteiger partial charge >= 0.3 is 0 Å². The summed E-state index contributed by atoms with van der Waals surface area (Å²) in [5.74, 6) is 0.122. The summed E-state index contributed by atoms with van der Waals surface area (Å²) < 4.78 is 23.4. The maximum absolute atomic E-state index is 11.7. The van der Waals surface area contributed by atoms with Crippen LogP contribution in [0, 0.1) is 6.92 Å². The molecule has 0 spiro atoms. The topological polar surface area (TPSA) is 80.4 Å². The van der Waals surface area contributed by atoms with Crippen molar-refractivity contribution in [2.45, 2.75) is 36.6 Å². The predicted molar refractivity (Wildman–Crippen MR) is 65.8 cm³/mol. The summed E-state index contributed by atoms with van der Waals surface area (Å²) in [6, 6.07) is 3.05. The third-order valence-corrected chi connectivity index (χ3v) is 4.39. The Morgan fingerprint density at radius 2 is 2.00 bits per heavy atom. The summed E-state index contributed by atoms with van der Waals surface area (Å²) in [6.07, 6.45) is 3.50. The molecule has 4 nitrogen and oxygen atoms in total. The highest BCUT2D eigenvalue weighted by Crippen LogP contribution is 2.38. The Bertz CT molecular complexity index is 559. The SMILES string of the molecule is Cc1cc(S(C)(=O)=O)c(CC2(N)CC2)cc1O. The zero-order valence-electron chi connectivity index (χ0n) is 10.0. The first-order valence-electron chi connectivity index (χ1n) is 5.53. The molecule has 0 aromatic heterocycles. The molecule has 1 aliphatic carbocycles. The maximum atomic E-state index is 11.7. The van der Waals surface area contributed by atoms with E-state index in [1.165, 1.54) is 18.4 Å². The van der Waals surface area contributed by atoms with Crippen molar-refractivity contribution in [3.05, 3.63) is 23.3 Å². The number of sulfone groups is 1. The van der Waals surface area contributed by atoms with Crippen LogP contribution in [0.5, 0.6) is 5.75 Å². The highest BCUT2D eigenvalue weighted by atomic mass is 32.2. The lowest BCUT2D eigenvalue weighted by atomic mass is 10.0. The number of aryl methyl sites for hydroxylation is 1. The summed E-state index contributed by atoms with van der Waals surface area (Å²) in [6.45, 7) is 1.68. The molecule has 1 aromatic carbocycles. The number of phenolic OH excluding ortho intramolecular Hbond substituents is 1. The van der Waals surface area contributed by atoms with Gasteiger partial charge in [-0.05, 0) is 49.4 Å². The predicted octanol–water partition coefficient (Wildman–Crippen LogP) is 1.14. The number of nitrogens with two attached hydrogens (primary N) is 1. The highest BCUT2D eigenvalue weighted by molar-refractivity contribution is 7.90. The van der Waals surface area contributed by atoms with Crippen molar-refractivity contribution < 1.29 is 13.5 Å². The second-order valence-corrected chi connectivity index (χ2v) is 7.04. The van der Waals surface area contributed by atoms with Crippen LogP contribution >= 0.6 is 0 Å². The van der Waals surface area contributed by atoms with E-state index < -0.39 is 9.84 Å². The lowest BCUT2D eigenvalue weighted by Gasteiger charge is -2.14. The van der Waals surface area contributed by atoms with Gasteiger partial charge in [-0.2, -0.15) is 0 Å². The van der Waals surface area contributed by atoms with Crippen LogP contribution in [0.2, 0.25) is 0 Å². The van der Waals surface area contributed by atoms with Gasteiger partial charge in [0.15, 0.2) is 9.84 Å². The monoisotopic (exact) mass is 255 g/mol. The van der Waals surface area contributed by atoms with Gasteiger partial charge in [-0.25, -0.2) is 8.42 Å². The molecule has 1 fully saturated rings. The van der Waals surface area contributed by atoms with Gasteiger partial charge in [0.25, 0.3) is 0 Å². The first-order valence-corrected chi connectivity index (χ1v) is 7.42. The van der Waals surface area contributed by atoms with Crippen molar-refractivity contribution >= 4 is 9.84 Å². The van der Waals surface area contributed by atoms with E-state index in [1.54, 1.807) is 6.92 Å². The summed E-state index contributed by atoms with van der Waals surface area (Å²) in [4.78, 5) is 0.282. The van der Waals surface area contributed by atoms with Crippen molar-refractivity contribution in [3.63, 3.8) is 0 Å². The zero-order valence-corrected chi connectivity index (χ0v) is 10.8. The normalized spacial score (nSPS) is 18.1. The van der Waals surface area contributed by atoms with Crippen molar-refractivity contribution in [1.29, 1.82) is 0 Å². The molecule has 0 bridgehead atoms. The molecule has 0 aliphatic heterocycles. The van der Waals surface area contributed by atoms with E-state index in [1.807, 2.05) is 0 Å². The van der Waals surface area contributed by atoms with Crippen molar-refractivity contribution in [2.24, 2.45) is 5.73 Å². The molecule has 0 radical (unpaired) electrons. The lowest BCUT2D eigenvalue weighted by Crippen LogP contribution is -2.25. The number of aromatic hydroxyl groups is 1. The largest absolute Gasteiger partial charge is 0.508 e. The van der Waals surface area contributed by atoms with Gasteiger partial charge in [-0.1, -0.05) is 0 Å². The van der Waals surface area contributed by atoms with Crippen LogP contribution < -0.4 is 5.73 Å². The van der Waals surface area contributed by atoms with Crippen LogP contribution in [0.15, 0.2) is 17.0 Å². The first-order chi connectivity index (χ1) is 7.71. The van der Waals surface area contributed by atoms with Gasteiger partial charge in [0.05, 0.1) is 4.90 Å². The number of hydrogen-bond donors (Lipinski definition) is 2. The Balaban J connectivity index is 2.51. The van der Waals surface area contributed by atoms with Crippen LogP contribution in [0.3, 0.4) is 0 Å². The van der Waals surface area contributed by atoms with Crippen molar-refractivity contribution in [2.75, 3.05) is 6.26 Å². The average molecular weight is 255 g/mol. The van der Waals surface area contributed by atoms with Crippen molar-refractivity contribution in [1.82, 2.24) is 0 Å². The molecule has 0 saturated heterocycles. The highest BCUT2D eigenvalue weighted by Gasteiger charge is 2.39. The van der Waals surface area contributed by atoms with E-state index in [2.05, 4.69) is 0 Å². The van der Waals surface area contributed by atoms with Crippen LogP contribution in [0.25, 0.3) is 0 Å². The molecule has 0 amide bonds. The molecule has 5 heteroatoms. The van der Waals surface area contributed by atoms with Gasteiger partial charge in [-0.3, -0.25) is 0 Å². The van der Waals surface area contributed by atoms with Gasteiger partial charge in [0.2, 0.25) is 0 Å². The van der Waals surface area contributed by atoms with E-state index in [0.717, 1.165) is 12.8 Å². The fourth-order valence-corrected chi connectivity index (χ4v) is 2.91. The minimum Gasteiger partial charge on any atom is -0.508 e. The number of benzene rings is 1. The fourth-order valence-electron chi connectivity index (χ4n) is 1.91. The molecule has 2 rings (SSSR count). The smallest absolute Gasteiger partial charge is 0.175 e. The minimum absolute atomic E-state index is 0.122. The molecule has 1 aliphatic rings. The Kier molecular flexibility index (Phi) is 2.71. The molecule has 0 heterocycles. The van der Waals surface area contributed by atoms with Gasteiger partial charge in [-0.15, -0.1) is 0 Å². The molecule has 3 N–H and O–H groups in total. The molecule has 1 saturated carbocycles. The number of rotatable bonds is 3. The van der Waals surface area contributed by atoms with Gasteiger partial charge < -0.3 is 10.8 Å². The fraction of sp³-hybridized carbons (Fsp3) is 0.500. The van der Waals surface area contributed by atoms with Gasteiger partial charge in [0.1, 0.15) is 5.75 Å². The first kappa shape index (κ1) is 12.4. The summed E-state index contributed by atoms with van der Waals surface area (Å²) in [7, 11) is -3.28. The molecular formula is C12H17NO3S. The van der Waals surface area contributed by atoms with Crippen LogP contribution in [-0.4, -0.2) is 25.3 Å². The third-order valence-electron chi connectivity index (χ3n) is 3.21. The summed E-state index contributed by atoms with van der Waals surface area (Å²) in [5, 5.41) is 9.67. The standard InChI is InChI=1S/C12H17NO3S/c1-8-5-11(17(2,15)16)9(6-10(8)14)7-12(13)3-4-12/h5-6,14H,3-4,7,13H2,1-2H3. The lowest BCUT2D eigenvalue weighted by molar-refractivity contribution is 0.468. The molecular weight excluding hydrogens is 238 g/mol. The molecule has 0 atom stereocenters. The Hall–Kier alpha value is -1.07. The van der Waals surface area contributed by atoms with Crippen LogP contribution in [0.4, 0.5) is 0 Å². The van der Waals surface area contributed by atoms with Crippen molar-refractivity contribution in [3.8, 4) is 5.75 Å². The van der Waals surface area contributed by atoms with E-state index in [0.29, 0.717) is 17.5 Å². The Morgan fingerprint density at radius 3 is 2.47 bits per heavy atom. The minimum atomic E-state index is -3.28. The van der Waals surface area contributed by atoms with Crippen LogP contribution in [-0.2, 0) is 16.3 Å². The molecule has 17 heavy (non-hydrogen) atoms. The Morgan fingerprint density at radius 1 is 1.41 bits per heavy atom. The zero-order chi connectivity index (χ0) is 12.8. The molecule has 94 valence electrons. The quantitative estimate of drug-likeness (QED) is 0.848. The van der Waals surface area contributed by atoms with E-state index in [9.17, 15) is 13.5 Å². The Labute approximate surface area is 101 Å². The molecule has 1 aromatic rings.